The van der Waals surface area contributed by atoms with Gasteiger partial charge in [0.25, 0.3) is 0 Å². The van der Waals surface area contributed by atoms with Crippen molar-refractivity contribution in [3.8, 4) is 0 Å². The van der Waals surface area contributed by atoms with Crippen LogP contribution in [0.1, 0.15) is 24.1 Å². The van der Waals surface area contributed by atoms with E-state index in [1.807, 2.05) is 48.6 Å². The van der Waals surface area contributed by atoms with Crippen LogP contribution in [0.15, 0.2) is 60.7 Å². The number of amides is 1. The third-order valence-electron chi connectivity index (χ3n) is 5.00. The van der Waals surface area contributed by atoms with Gasteiger partial charge in [-0.3, -0.25) is 9.69 Å². The van der Waals surface area contributed by atoms with Crippen LogP contribution in [-0.4, -0.2) is 36.1 Å². The third-order valence-corrected chi connectivity index (χ3v) is 5.00. The Bertz CT molecular complexity index is 694. The average Bonchev–Trinajstić information content (AvgIpc) is 2.64. The quantitative estimate of drug-likeness (QED) is 0.878. The fourth-order valence-corrected chi connectivity index (χ4v) is 3.47. The Balaban J connectivity index is 1.71. The molecule has 26 heavy (non-hydrogen) atoms. The Morgan fingerprint density at radius 2 is 1.58 bits per heavy atom. The molecule has 0 aliphatic carbocycles. The van der Waals surface area contributed by atoms with Crippen molar-refractivity contribution in [3.63, 3.8) is 0 Å². The predicted octanol–water partition coefficient (Wildman–Crippen LogP) is 3.77. The normalized spacial score (nSPS) is 20.7. The highest BCUT2D eigenvalue weighted by atomic mass is 19.4. The Labute approximate surface area is 150 Å². The van der Waals surface area contributed by atoms with Crippen LogP contribution in [0.5, 0.6) is 0 Å². The maximum absolute atomic E-state index is 12.3. The number of nitrogens with one attached hydrogen (secondary N) is 1. The van der Waals surface area contributed by atoms with Crippen LogP contribution < -0.4 is 5.32 Å². The number of carbonyl (C=O) groups excluding carboxylic acids is 1. The van der Waals surface area contributed by atoms with Crippen LogP contribution in [0, 0.1) is 5.92 Å². The minimum atomic E-state index is -4.83. The molecule has 0 unspecified atom stereocenters. The number of benzene rings is 2. The van der Waals surface area contributed by atoms with Crippen LogP contribution >= 0.6 is 0 Å². The highest BCUT2D eigenvalue weighted by molar-refractivity contribution is 5.81. The van der Waals surface area contributed by atoms with E-state index in [1.54, 1.807) is 0 Å². The molecule has 6 heteroatoms. The SMILES string of the molecule is C[C@H]1[C@H](CNC(=O)C(F)(F)F)CN1C(c1ccccc1)c1ccccc1. The van der Waals surface area contributed by atoms with Gasteiger partial charge in [0.15, 0.2) is 0 Å². The number of hydrogen-bond donors (Lipinski definition) is 1. The highest BCUT2D eigenvalue weighted by Gasteiger charge is 2.43. The zero-order chi connectivity index (χ0) is 18.7. The first-order valence-corrected chi connectivity index (χ1v) is 8.58. The minimum Gasteiger partial charge on any atom is -0.348 e. The number of alkyl halides is 3. The summed E-state index contributed by atoms with van der Waals surface area (Å²) in [6.07, 6.45) is -4.83. The summed E-state index contributed by atoms with van der Waals surface area (Å²) in [7, 11) is 0. The Kier molecular flexibility index (Phi) is 5.32. The zero-order valence-corrected chi connectivity index (χ0v) is 14.4. The second-order valence-electron chi connectivity index (χ2n) is 6.63. The number of likely N-dealkylation sites (tertiary alicyclic amines) is 1. The Morgan fingerprint density at radius 1 is 1.08 bits per heavy atom. The highest BCUT2D eigenvalue weighted by Crippen LogP contribution is 2.38. The predicted molar refractivity (Wildman–Crippen MR) is 93.4 cm³/mol. The summed E-state index contributed by atoms with van der Waals surface area (Å²) in [4.78, 5) is 13.3. The fourth-order valence-electron chi connectivity index (χ4n) is 3.47. The largest absolute Gasteiger partial charge is 0.471 e. The topological polar surface area (TPSA) is 32.3 Å². The van der Waals surface area contributed by atoms with E-state index in [1.165, 1.54) is 0 Å². The van der Waals surface area contributed by atoms with Gasteiger partial charge in [-0.05, 0) is 18.1 Å². The summed E-state index contributed by atoms with van der Waals surface area (Å²) < 4.78 is 37.0. The van der Waals surface area contributed by atoms with E-state index in [9.17, 15) is 18.0 Å². The maximum Gasteiger partial charge on any atom is 0.471 e. The first-order valence-electron chi connectivity index (χ1n) is 8.58. The van der Waals surface area contributed by atoms with E-state index in [0.717, 1.165) is 11.1 Å². The summed E-state index contributed by atoms with van der Waals surface area (Å²) in [5.41, 5.74) is 2.28. The average molecular weight is 362 g/mol. The van der Waals surface area contributed by atoms with Gasteiger partial charge in [0.1, 0.15) is 0 Å². The Morgan fingerprint density at radius 3 is 2.00 bits per heavy atom. The molecule has 1 fully saturated rings. The summed E-state index contributed by atoms with van der Waals surface area (Å²) in [5.74, 6) is -1.87. The zero-order valence-electron chi connectivity index (χ0n) is 14.4. The van der Waals surface area contributed by atoms with E-state index >= 15 is 0 Å². The number of hydrogen-bond acceptors (Lipinski definition) is 2. The molecule has 3 rings (SSSR count). The van der Waals surface area contributed by atoms with E-state index < -0.39 is 12.1 Å². The van der Waals surface area contributed by atoms with Crippen molar-refractivity contribution in [1.82, 2.24) is 10.2 Å². The maximum atomic E-state index is 12.3. The molecule has 1 heterocycles. The standard InChI is InChI=1S/C20H21F3N2O/c1-14-17(12-24-19(26)20(21,22)23)13-25(14)18(15-8-4-2-5-9-15)16-10-6-3-7-11-16/h2-11,14,17-18H,12-13H2,1H3,(H,24,26)/t14-,17+/m0/s1. The molecule has 2 aromatic rings. The molecule has 1 saturated heterocycles. The van der Waals surface area contributed by atoms with E-state index in [-0.39, 0.29) is 24.5 Å². The lowest BCUT2D eigenvalue weighted by atomic mass is 9.84. The second kappa shape index (κ2) is 7.50. The fraction of sp³-hybridized carbons (Fsp3) is 0.350. The first-order chi connectivity index (χ1) is 12.4. The van der Waals surface area contributed by atoms with Gasteiger partial charge >= 0.3 is 12.1 Å². The molecule has 138 valence electrons. The van der Waals surface area contributed by atoms with E-state index in [0.29, 0.717) is 6.54 Å². The monoisotopic (exact) mass is 362 g/mol. The summed E-state index contributed by atoms with van der Waals surface area (Å²) in [6, 6.07) is 20.2. The molecule has 1 aliphatic heterocycles. The molecule has 3 nitrogen and oxygen atoms in total. The molecule has 1 N–H and O–H groups in total. The van der Waals surface area contributed by atoms with Crippen molar-refractivity contribution in [2.45, 2.75) is 25.2 Å². The van der Waals surface area contributed by atoms with Gasteiger partial charge < -0.3 is 5.32 Å². The van der Waals surface area contributed by atoms with Crippen LogP contribution in [0.4, 0.5) is 13.2 Å². The number of halogens is 3. The molecule has 0 bridgehead atoms. The van der Waals surface area contributed by atoms with Crippen LogP contribution in [0.3, 0.4) is 0 Å². The van der Waals surface area contributed by atoms with Gasteiger partial charge in [-0.1, -0.05) is 60.7 Å². The molecule has 1 aliphatic rings. The molecule has 1 amide bonds. The van der Waals surface area contributed by atoms with Crippen molar-refractivity contribution in [3.05, 3.63) is 71.8 Å². The lowest BCUT2D eigenvalue weighted by Crippen LogP contribution is -2.59. The second-order valence-corrected chi connectivity index (χ2v) is 6.63. The van der Waals surface area contributed by atoms with Crippen LogP contribution in [0.25, 0.3) is 0 Å². The lowest BCUT2D eigenvalue weighted by molar-refractivity contribution is -0.174. The van der Waals surface area contributed by atoms with Crippen molar-refractivity contribution < 1.29 is 18.0 Å². The van der Waals surface area contributed by atoms with Gasteiger partial charge in [-0.15, -0.1) is 0 Å². The summed E-state index contributed by atoms with van der Waals surface area (Å²) >= 11 is 0. The van der Waals surface area contributed by atoms with E-state index in [4.69, 9.17) is 0 Å². The number of rotatable bonds is 5. The van der Waals surface area contributed by atoms with Gasteiger partial charge in [0.2, 0.25) is 0 Å². The Hall–Kier alpha value is -2.34. The van der Waals surface area contributed by atoms with Gasteiger partial charge in [-0.25, -0.2) is 0 Å². The molecule has 0 saturated carbocycles. The van der Waals surface area contributed by atoms with Crippen molar-refractivity contribution in [1.29, 1.82) is 0 Å². The molecule has 0 aromatic heterocycles. The van der Waals surface area contributed by atoms with Crippen molar-refractivity contribution >= 4 is 5.91 Å². The van der Waals surface area contributed by atoms with Gasteiger partial charge in [-0.2, -0.15) is 13.2 Å². The molecule has 0 radical (unpaired) electrons. The lowest BCUT2D eigenvalue weighted by Gasteiger charge is -2.51. The third kappa shape index (κ3) is 3.90. The van der Waals surface area contributed by atoms with E-state index in [2.05, 4.69) is 29.2 Å². The molecule has 2 atom stereocenters. The first kappa shape index (κ1) is 18.5. The molecular formula is C20H21F3N2O. The number of carbonyl (C=O) groups is 1. The van der Waals surface area contributed by atoms with Crippen LogP contribution in [-0.2, 0) is 4.79 Å². The number of nitrogens with zero attached hydrogens (tertiary/aromatic N) is 1. The molecular weight excluding hydrogens is 341 g/mol. The van der Waals surface area contributed by atoms with Gasteiger partial charge in [0, 0.05) is 25.0 Å². The smallest absolute Gasteiger partial charge is 0.348 e. The summed E-state index contributed by atoms with van der Waals surface area (Å²) in [5, 5.41) is 2.00. The van der Waals surface area contributed by atoms with Crippen LogP contribution in [0.2, 0.25) is 0 Å². The van der Waals surface area contributed by atoms with Gasteiger partial charge in [0.05, 0.1) is 6.04 Å². The van der Waals surface area contributed by atoms with Crippen molar-refractivity contribution in [2.24, 2.45) is 5.92 Å². The minimum absolute atomic E-state index is 0.00350. The molecule has 0 spiro atoms. The van der Waals surface area contributed by atoms with Crippen molar-refractivity contribution in [2.75, 3.05) is 13.1 Å². The molecule has 2 aromatic carbocycles. The summed E-state index contributed by atoms with van der Waals surface area (Å²) in [6.45, 7) is 2.66.